The van der Waals surface area contributed by atoms with E-state index in [0.29, 0.717) is 5.88 Å². The number of rotatable bonds is 4. The van der Waals surface area contributed by atoms with Crippen LogP contribution < -0.4 is 4.74 Å². The van der Waals surface area contributed by atoms with Crippen molar-refractivity contribution in [1.82, 2.24) is 14.9 Å². The highest BCUT2D eigenvalue weighted by atomic mass is 16.5. The van der Waals surface area contributed by atoms with Gasteiger partial charge in [0.05, 0.1) is 19.3 Å². The lowest BCUT2D eigenvalue weighted by Crippen LogP contribution is -2.25. The molecule has 0 saturated carbocycles. The molecule has 1 aliphatic rings. The number of hydrogen-bond acceptors (Lipinski definition) is 5. The predicted molar refractivity (Wildman–Crippen MR) is 79.4 cm³/mol. The molecule has 0 spiro atoms. The van der Waals surface area contributed by atoms with E-state index in [0.717, 1.165) is 61.7 Å². The summed E-state index contributed by atoms with van der Waals surface area (Å²) in [4.78, 5) is 11.0. The van der Waals surface area contributed by atoms with Gasteiger partial charge in [0.25, 0.3) is 0 Å². The number of methoxy groups -OCH3 is 1. The quantitative estimate of drug-likeness (QED) is 0.863. The topological polar surface area (TPSA) is 51.4 Å². The van der Waals surface area contributed by atoms with Gasteiger partial charge >= 0.3 is 0 Å². The first kappa shape index (κ1) is 14.1. The molecule has 0 amide bonds. The number of aromatic nitrogens is 2. The summed E-state index contributed by atoms with van der Waals surface area (Å²) in [5, 5.41) is 0. The van der Waals surface area contributed by atoms with Gasteiger partial charge in [-0.2, -0.15) is 0 Å². The molecule has 0 N–H and O–H groups in total. The molecule has 0 aliphatic carbocycles. The first-order valence-corrected chi connectivity index (χ1v) is 7.46. The molecule has 0 fully saturated rings. The molecule has 21 heavy (non-hydrogen) atoms. The largest absolute Gasteiger partial charge is 0.481 e. The van der Waals surface area contributed by atoms with Gasteiger partial charge in [0, 0.05) is 31.5 Å². The number of ether oxygens (including phenoxy) is 1. The monoisotopic (exact) mass is 287 g/mol. The molecule has 0 unspecified atom stereocenters. The SMILES string of the molecule is CCc1ccc(CN2CCc3ncnc(OC)c3CC2)o1. The normalized spacial score (nSPS) is 15.5. The third kappa shape index (κ3) is 3.08. The van der Waals surface area contributed by atoms with Gasteiger partial charge in [-0.3, -0.25) is 4.90 Å². The molecule has 0 saturated heterocycles. The Morgan fingerprint density at radius 1 is 1.19 bits per heavy atom. The predicted octanol–water partition coefficient (Wildman–Crippen LogP) is 2.24. The van der Waals surface area contributed by atoms with Crippen molar-refractivity contribution in [2.75, 3.05) is 20.2 Å². The van der Waals surface area contributed by atoms with Crippen LogP contribution in [-0.2, 0) is 25.8 Å². The van der Waals surface area contributed by atoms with Crippen LogP contribution in [0.5, 0.6) is 5.88 Å². The van der Waals surface area contributed by atoms with Crippen molar-refractivity contribution in [1.29, 1.82) is 0 Å². The minimum atomic E-state index is 0.716. The van der Waals surface area contributed by atoms with Crippen molar-refractivity contribution >= 4 is 0 Å². The number of hydrogen-bond donors (Lipinski definition) is 0. The molecule has 0 atom stereocenters. The molecule has 0 radical (unpaired) electrons. The molecule has 5 nitrogen and oxygen atoms in total. The lowest BCUT2D eigenvalue weighted by molar-refractivity contribution is 0.252. The minimum Gasteiger partial charge on any atom is -0.481 e. The molecule has 112 valence electrons. The van der Waals surface area contributed by atoms with Crippen molar-refractivity contribution in [3.63, 3.8) is 0 Å². The lowest BCUT2D eigenvalue weighted by atomic mass is 10.1. The Kier molecular flexibility index (Phi) is 4.20. The lowest BCUT2D eigenvalue weighted by Gasteiger charge is -2.17. The van der Waals surface area contributed by atoms with Crippen LogP contribution in [0.15, 0.2) is 22.9 Å². The summed E-state index contributed by atoms with van der Waals surface area (Å²) in [6.45, 7) is 4.91. The standard InChI is InChI=1S/C16H21N3O2/c1-3-12-4-5-13(21-12)10-19-8-6-14-15(7-9-19)17-11-18-16(14)20-2/h4-5,11H,3,6-10H2,1-2H3. The second-order valence-corrected chi connectivity index (χ2v) is 5.31. The molecular formula is C16H21N3O2. The Morgan fingerprint density at radius 3 is 2.76 bits per heavy atom. The number of fused-ring (bicyclic) bond motifs is 1. The van der Waals surface area contributed by atoms with E-state index in [1.54, 1.807) is 13.4 Å². The van der Waals surface area contributed by atoms with E-state index in [9.17, 15) is 0 Å². The maximum Gasteiger partial charge on any atom is 0.219 e. The minimum absolute atomic E-state index is 0.716. The summed E-state index contributed by atoms with van der Waals surface area (Å²) in [6, 6.07) is 4.15. The van der Waals surface area contributed by atoms with Crippen molar-refractivity contribution in [3.8, 4) is 5.88 Å². The van der Waals surface area contributed by atoms with Crippen LogP contribution >= 0.6 is 0 Å². The smallest absolute Gasteiger partial charge is 0.219 e. The van der Waals surface area contributed by atoms with E-state index in [2.05, 4.69) is 33.9 Å². The van der Waals surface area contributed by atoms with E-state index >= 15 is 0 Å². The average Bonchev–Trinajstić information content (AvgIpc) is 2.87. The number of nitrogens with zero attached hydrogens (tertiary/aromatic N) is 3. The molecule has 3 rings (SSSR count). The Labute approximate surface area is 125 Å². The zero-order chi connectivity index (χ0) is 14.7. The Bertz CT molecular complexity index is 609. The summed E-state index contributed by atoms with van der Waals surface area (Å²) in [5.41, 5.74) is 2.26. The fourth-order valence-electron chi connectivity index (χ4n) is 2.79. The van der Waals surface area contributed by atoms with Crippen LogP contribution in [0.3, 0.4) is 0 Å². The molecule has 0 bridgehead atoms. The summed E-state index contributed by atoms with van der Waals surface area (Å²) >= 11 is 0. The Balaban J connectivity index is 1.69. The maximum absolute atomic E-state index is 5.80. The van der Waals surface area contributed by atoms with Gasteiger partial charge in [0.15, 0.2) is 0 Å². The van der Waals surface area contributed by atoms with Crippen molar-refractivity contribution in [2.45, 2.75) is 32.7 Å². The van der Waals surface area contributed by atoms with Crippen molar-refractivity contribution in [3.05, 3.63) is 41.2 Å². The van der Waals surface area contributed by atoms with E-state index in [-0.39, 0.29) is 0 Å². The van der Waals surface area contributed by atoms with Crippen molar-refractivity contribution in [2.24, 2.45) is 0 Å². The summed E-state index contributed by atoms with van der Waals surface area (Å²) < 4.78 is 11.2. The highest BCUT2D eigenvalue weighted by molar-refractivity contribution is 5.31. The molecule has 2 aromatic heterocycles. The molecule has 0 aromatic carbocycles. The first-order valence-electron chi connectivity index (χ1n) is 7.46. The van der Waals surface area contributed by atoms with E-state index in [4.69, 9.17) is 9.15 Å². The second kappa shape index (κ2) is 6.26. The third-order valence-corrected chi connectivity index (χ3v) is 3.98. The van der Waals surface area contributed by atoms with E-state index in [1.165, 1.54) is 0 Å². The second-order valence-electron chi connectivity index (χ2n) is 5.31. The van der Waals surface area contributed by atoms with Gasteiger partial charge in [0.2, 0.25) is 5.88 Å². The van der Waals surface area contributed by atoms with Crippen LogP contribution in [0.25, 0.3) is 0 Å². The van der Waals surface area contributed by atoms with Crippen LogP contribution in [0.1, 0.15) is 29.7 Å². The maximum atomic E-state index is 5.80. The van der Waals surface area contributed by atoms with Gasteiger partial charge < -0.3 is 9.15 Å². The van der Waals surface area contributed by atoms with Crippen molar-refractivity contribution < 1.29 is 9.15 Å². The molecule has 2 aromatic rings. The van der Waals surface area contributed by atoms with Crippen LogP contribution in [0.4, 0.5) is 0 Å². The van der Waals surface area contributed by atoms with Gasteiger partial charge in [-0.15, -0.1) is 0 Å². The molecule has 3 heterocycles. The average molecular weight is 287 g/mol. The van der Waals surface area contributed by atoms with Gasteiger partial charge in [-0.1, -0.05) is 6.92 Å². The fourth-order valence-corrected chi connectivity index (χ4v) is 2.79. The van der Waals surface area contributed by atoms with Crippen LogP contribution in [0.2, 0.25) is 0 Å². The summed E-state index contributed by atoms with van der Waals surface area (Å²) in [5.74, 6) is 2.81. The molecular weight excluding hydrogens is 266 g/mol. The highest BCUT2D eigenvalue weighted by Crippen LogP contribution is 2.22. The molecule has 5 heteroatoms. The summed E-state index contributed by atoms with van der Waals surface area (Å²) in [7, 11) is 1.67. The zero-order valence-electron chi connectivity index (χ0n) is 12.6. The third-order valence-electron chi connectivity index (χ3n) is 3.98. The summed E-state index contributed by atoms with van der Waals surface area (Å²) in [6.07, 6.45) is 4.38. The first-order chi connectivity index (χ1) is 10.3. The zero-order valence-corrected chi connectivity index (χ0v) is 12.6. The van der Waals surface area contributed by atoms with Gasteiger partial charge in [-0.05, 0) is 18.6 Å². The van der Waals surface area contributed by atoms with E-state index < -0.39 is 0 Å². The number of furan rings is 1. The van der Waals surface area contributed by atoms with Gasteiger partial charge in [0.1, 0.15) is 17.8 Å². The highest BCUT2D eigenvalue weighted by Gasteiger charge is 2.19. The van der Waals surface area contributed by atoms with E-state index in [1.807, 2.05) is 0 Å². The molecule has 1 aliphatic heterocycles. The fraction of sp³-hybridized carbons (Fsp3) is 0.500. The number of aryl methyl sites for hydroxylation is 1. The Hall–Kier alpha value is -1.88. The van der Waals surface area contributed by atoms with Gasteiger partial charge in [-0.25, -0.2) is 9.97 Å². The van der Waals surface area contributed by atoms with Crippen LogP contribution in [-0.4, -0.2) is 35.1 Å². The van der Waals surface area contributed by atoms with Crippen LogP contribution in [0, 0.1) is 0 Å². The Morgan fingerprint density at radius 2 is 2.00 bits per heavy atom.